The lowest BCUT2D eigenvalue weighted by Gasteiger charge is -2.28. The van der Waals surface area contributed by atoms with Gasteiger partial charge in [0.2, 0.25) is 12.7 Å². The number of carbonyl (C=O) groups excluding carboxylic acids is 1. The summed E-state index contributed by atoms with van der Waals surface area (Å²) >= 11 is 0. The number of nitrogens with zero attached hydrogens (tertiary/aromatic N) is 2. The number of rotatable bonds is 5. The van der Waals surface area contributed by atoms with Crippen molar-refractivity contribution in [1.29, 1.82) is 0 Å². The Bertz CT molecular complexity index is 598. The van der Waals surface area contributed by atoms with E-state index in [2.05, 4.69) is 9.80 Å². The molecule has 1 atom stereocenters. The van der Waals surface area contributed by atoms with E-state index in [0.29, 0.717) is 25.2 Å². The van der Waals surface area contributed by atoms with Gasteiger partial charge >= 0.3 is 0 Å². The van der Waals surface area contributed by atoms with Crippen molar-refractivity contribution in [3.05, 3.63) is 23.8 Å². The molecule has 1 amide bonds. The van der Waals surface area contributed by atoms with Crippen LogP contribution in [0.4, 0.5) is 0 Å². The molecule has 3 aliphatic rings. The minimum absolute atomic E-state index is 0.295. The van der Waals surface area contributed by atoms with Crippen molar-refractivity contribution >= 4 is 5.91 Å². The maximum atomic E-state index is 12.7. The van der Waals surface area contributed by atoms with Crippen molar-refractivity contribution < 1.29 is 14.3 Å². The Morgan fingerprint density at radius 3 is 2.79 bits per heavy atom. The van der Waals surface area contributed by atoms with Crippen molar-refractivity contribution in [1.82, 2.24) is 9.80 Å². The first-order valence-corrected chi connectivity index (χ1v) is 9.20. The fraction of sp³-hybridized carbons (Fsp3) is 0.632. The van der Waals surface area contributed by atoms with Gasteiger partial charge < -0.3 is 19.3 Å². The van der Waals surface area contributed by atoms with E-state index in [4.69, 9.17) is 9.47 Å². The molecule has 130 valence electrons. The third-order valence-electron chi connectivity index (χ3n) is 5.43. The molecule has 0 aliphatic carbocycles. The zero-order valence-electron chi connectivity index (χ0n) is 14.2. The number of hydrogen-bond donors (Lipinski definition) is 0. The van der Waals surface area contributed by atoms with Gasteiger partial charge in [0.1, 0.15) is 0 Å². The molecule has 5 nitrogen and oxygen atoms in total. The topological polar surface area (TPSA) is 42.0 Å². The molecule has 0 N–H and O–H groups in total. The summed E-state index contributed by atoms with van der Waals surface area (Å²) in [5.41, 5.74) is 1.14. The molecule has 5 heteroatoms. The van der Waals surface area contributed by atoms with E-state index in [0.717, 1.165) is 49.4 Å². The van der Waals surface area contributed by atoms with Gasteiger partial charge in [0.25, 0.3) is 0 Å². The van der Waals surface area contributed by atoms with Crippen LogP contribution in [0.2, 0.25) is 0 Å². The molecule has 24 heavy (non-hydrogen) atoms. The van der Waals surface area contributed by atoms with E-state index in [-0.39, 0.29) is 0 Å². The first-order chi connectivity index (χ1) is 11.8. The van der Waals surface area contributed by atoms with Crippen molar-refractivity contribution in [2.75, 3.05) is 33.0 Å². The molecule has 3 heterocycles. The summed E-state index contributed by atoms with van der Waals surface area (Å²) in [6.07, 6.45) is 6.27. The number of amides is 1. The first-order valence-electron chi connectivity index (χ1n) is 9.20. The van der Waals surface area contributed by atoms with E-state index in [1.54, 1.807) is 0 Å². The Morgan fingerprint density at radius 2 is 1.92 bits per heavy atom. The molecule has 4 rings (SSSR count). The molecule has 2 saturated heterocycles. The molecule has 2 fully saturated rings. The molecular formula is C19H26N2O3. The van der Waals surface area contributed by atoms with Crippen molar-refractivity contribution in [2.45, 2.75) is 44.6 Å². The lowest BCUT2D eigenvalue weighted by atomic mass is 10.1. The lowest BCUT2D eigenvalue weighted by molar-refractivity contribution is -0.132. The second-order valence-electron chi connectivity index (χ2n) is 7.08. The summed E-state index contributed by atoms with van der Waals surface area (Å²) in [5.74, 6) is 1.90. The molecule has 1 aromatic rings. The summed E-state index contributed by atoms with van der Waals surface area (Å²) in [5, 5.41) is 0. The smallest absolute Gasteiger partial charge is 0.231 e. The fourth-order valence-electron chi connectivity index (χ4n) is 4.11. The molecule has 0 radical (unpaired) electrons. The van der Waals surface area contributed by atoms with E-state index in [1.807, 2.05) is 18.2 Å². The fourth-order valence-corrected chi connectivity index (χ4v) is 4.11. The number of ether oxygens (including phenoxy) is 2. The van der Waals surface area contributed by atoms with Gasteiger partial charge in [-0.3, -0.25) is 4.79 Å². The van der Waals surface area contributed by atoms with Gasteiger partial charge in [-0.25, -0.2) is 0 Å². The van der Waals surface area contributed by atoms with Crippen LogP contribution in [-0.2, 0) is 11.2 Å². The molecule has 0 unspecified atom stereocenters. The predicted molar refractivity (Wildman–Crippen MR) is 91.3 cm³/mol. The Hall–Kier alpha value is -1.75. The van der Waals surface area contributed by atoms with Crippen LogP contribution in [0.25, 0.3) is 0 Å². The predicted octanol–water partition coefficient (Wildman–Crippen LogP) is 2.43. The second kappa shape index (κ2) is 7.01. The quantitative estimate of drug-likeness (QED) is 0.832. The standard InChI is InChI=1S/C19H26N2O3/c22-19(8-6-15-5-7-17-18(12-15)24-14-23-17)21-11-3-4-16(21)13-20-9-1-2-10-20/h5,7,12,16H,1-4,6,8-11,13-14H2/t16-/m0/s1. The lowest BCUT2D eigenvalue weighted by Crippen LogP contribution is -2.42. The maximum Gasteiger partial charge on any atom is 0.231 e. The van der Waals surface area contributed by atoms with Crippen LogP contribution in [0.1, 0.15) is 37.7 Å². The van der Waals surface area contributed by atoms with Gasteiger partial charge in [0.15, 0.2) is 11.5 Å². The first kappa shape index (κ1) is 15.8. The maximum absolute atomic E-state index is 12.7. The number of fused-ring (bicyclic) bond motifs is 1. The minimum Gasteiger partial charge on any atom is -0.454 e. The van der Waals surface area contributed by atoms with Crippen molar-refractivity contribution in [3.8, 4) is 11.5 Å². The summed E-state index contributed by atoms with van der Waals surface area (Å²) in [6.45, 7) is 4.70. The van der Waals surface area contributed by atoms with E-state index in [1.165, 1.54) is 25.9 Å². The van der Waals surface area contributed by atoms with E-state index in [9.17, 15) is 4.79 Å². The van der Waals surface area contributed by atoms with Crippen molar-refractivity contribution in [2.24, 2.45) is 0 Å². The van der Waals surface area contributed by atoms with Crippen LogP contribution in [0, 0.1) is 0 Å². The normalized spacial score (nSPS) is 23.2. The Labute approximate surface area is 143 Å². The number of aryl methyl sites for hydroxylation is 1. The van der Waals surface area contributed by atoms with Crippen LogP contribution >= 0.6 is 0 Å². The number of carbonyl (C=O) groups is 1. The number of likely N-dealkylation sites (tertiary alicyclic amines) is 2. The summed E-state index contributed by atoms with van der Waals surface area (Å²) in [7, 11) is 0. The van der Waals surface area contributed by atoms with Crippen LogP contribution in [0.15, 0.2) is 18.2 Å². The van der Waals surface area contributed by atoms with Crippen LogP contribution in [-0.4, -0.2) is 54.7 Å². The zero-order valence-corrected chi connectivity index (χ0v) is 14.2. The monoisotopic (exact) mass is 330 g/mol. The van der Waals surface area contributed by atoms with Gasteiger partial charge in [-0.05, 0) is 62.9 Å². The highest BCUT2D eigenvalue weighted by atomic mass is 16.7. The number of hydrogen-bond acceptors (Lipinski definition) is 4. The number of benzene rings is 1. The molecule has 1 aromatic carbocycles. The van der Waals surface area contributed by atoms with Gasteiger partial charge in [-0.2, -0.15) is 0 Å². The highest BCUT2D eigenvalue weighted by molar-refractivity contribution is 5.77. The van der Waals surface area contributed by atoms with Gasteiger partial charge in [-0.15, -0.1) is 0 Å². The van der Waals surface area contributed by atoms with Gasteiger partial charge in [-0.1, -0.05) is 6.07 Å². The third-order valence-corrected chi connectivity index (χ3v) is 5.43. The molecule has 0 spiro atoms. The van der Waals surface area contributed by atoms with Gasteiger partial charge in [0.05, 0.1) is 0 Å². The van der Waals surface area contributed by atoms with Crippen LogP contribution in [0.5, 0.6) is 11.5 Å². The molecule has 0 aromatic heterocycles. The summed E-state index contributed by atoms with van der Waals surface area (Å²) in [6, 6.07) is 6.40. The molecule has 0 saturated carbocycles. The van der Waals surface area contributed by atoms with Crippen molar-refractivity contribution in [3.63, 3.8) is 0 Å². The van der Waals surface area contributed by atoms with Crippen LogP contribution < -0.4 is 9.47 Å². The second-order valence-corrected chi connectivity index (χ2v) is 7.08. The zero-order chi connectivity index (χ0) is 16.4. The SMILES string of the molecule is O=C(CCc1ccc2c(c1)OCO2)N1CCC[C@H]1CN1CCCC1. The molecule has 3 aliphatic heterocycles. The Morgan fingerprint density at radius 1 is 1.08 bits per heavy atom. The Kier molecular flexibility index (Phi) is 4.60. The Balaban J connectivity index is 1.31. The van der Waals surface area contributed by atoms with E-state index < -0.39 is 0 Å². The average Bonchev–Trinajstić information content (AvgIpc) is 3.34. The average molecular weight is 330 g/mol. The van der Waals surface area contributed by atoms with Gasteiger partial charge in [0, 0.05) is 25.6 Å². The van der Waals surface area contributed by atoms with Crippen LogP contribution in [0.3, 0.4) is 0 Å². The largest absolute Gasteiger partial charge is 0.454 e. The highest BCUT2D eigenvalue weighted by Gasteiger charge is 2.30. The minimum atomic E-state index is 0.295. The molecule has 0 bridgehead atoms. The third kappa shape index (κ3) is 3.36. The molecular weight excluding hydrogens is 304 g/mol. The van der Waals surface area contributed by atoms with E-state index >= 15 is 0 Å². The highest BCUT2D eigenvalue weighted by Crippen LogP contribution is 2.33. The summed E-state index contributed by atoms with van der Waals surface area (Å²) in [4.78, 5) is 17.3. The summed E-state index contributed by atoms with van der Waals surface area (Å²) < 4.78 is 10.7.